The third-order valence-electron chi connectivity index (χ3n) is 7.02. The van der Waals surface area contributed by atoms with Gasteiger partial charge in [0.15, 0.2) is 11.5 Å². The van der Waals surface area contributed by atoms with Gasteiger partial charge in [0.05, 0.1) is 7.11 Å². The Hall–Kier alpha value is -4.00. The summed E-state index contributed by atoms with van der Waals surface area (Å²) < 4.78 is 16.7. The highest BCUT2D eigenvalue weighted by Crippen LogP contribution is 2.36. The molecular weight excluding hydrogens is 468 g/mol. The van der Waals surface area contributed by atoms with Crippen molar-refractivity contribution in [2.45, 2.75) is 44.7 Å². The molecule has 3 aromatic carbocycles. The Morgan fingerprint density at radius 1 is 0.946 bits per heavy atom. The molecule has 1 unspecified atom stereocenters. The third kappa shape index (κ3) is 5.26. The van der Waals surface area contributed by atoms with Crippen molar-refractivity contribution in [2.75, 3.05) is 25.2 Å². The summed E-state index contributed by atoms with van der Waals surface area (Å²) in [6, 6.07) is 19.3. The van der Waals surface area contributed by atoms with Gasteiger partial charge in [0.2, 0.25) is 5.91 Å². The lowest BCUT2D eigenvalue weighted by atomic mass is 9.99. The fraction of sp³-hybridized carbons (Fsp3) is 0.333. The standard InChI is InChI=1S/C30H32N2O5/c1-20-7-3-6-10-25(20)32(30(34)22-13-16-26-27(19-22)37-18-17-36-26)28(21-11-14-24(35-2)15-12-21)29(33)31-23-8-4-5-9-23/h3,6-7,10-16,19,23,28H,4-5,8-9,17-18H2,1-2H3,(H,31,33). The largest absolute Gasteiger partial charge is 0.497 e. The maximum absolute atomic E-state index is 14.3. The van der Waals surface area contributed by atoms with Gasteiger partial charge in [-0.05, 0) is 67.3 Å². The molecule has 7 heteroatoms. The van der Waals surface area contributed by atoms with E-state index in [1.807, 2.05) is 55.5 Å². The molecule has 0 saturated heterocycles. The monoisotopic (exact) mass is 500 g/mol. The summed E-state index contributed by atoms with van der Waals surface area (Å²) >= 11 is 0. The summed E-state index contributed by atoms with van der Waals surface area (Å²) in [5.74, 6) is 1.31. The molecule has 37 heavy (non-hydrogen) atoms. The molecule has 5 rings (SSSR count). The smallest absolute Gasteiger partial charge is 0.259 e. The van der Waals surface area contributed by atoms with E-state index in [2.05, 4.69) is 5.32 Å². The van der Waals surface area contributed by atoms with Gasteiger partial charge in [-0.15, -0.1) is 0 Å². The van der Waals surface area contributed by atoms with Crippen molar-refractivity contribution in [3.63, 3.8) is 0 Å². The second kappa shape index (κ2) is 10.9. The summed E-state index contributed by atoms with van der Waals surface area (Å²) in [4.78, 5) is 29.9. The van der Waals surface area contributed by atoms with Gasteiger partial charge in [-0.3, -0.25) is 14.5 Å². The Morgan fingerprint density at radius 3 is 2.35 bits per heavy atom. The number of anilines is 1. The number of fused-ring (bicyclic) bond motifs is 1. The van der Waals surface area contributed by atoms with Crippen molar-refractivity contribution in [2.24, 2.45) is 0 Å². The van der Waals surface area contributed by atoms with Gasteiger partial charge < -0.3 is 19.5 Å². The number of para-hydroxylation sites is 1. The normalized spacial score (nSPS) is 15.6. The molecule has 1 fully saturated rings. The van der Waals surface area contributed by atoms with Crippen LogP contribution >= 0.6 is 0 Å². The SMILES string of the molecule is COc1ccc(C(C(=O)NC2CCCC2)N(C(=O)c2ccc3c(c2)OCCO3)c2ccccc2C)cc1. The molecule has 0 spiro atoms. The van der Waals surface area contributed by atoms with Crippen LogP contribution in [0.3, 0.4) is 0 Å². The molecule has 2 aliphatic rings. The topological polar surface area (TPSA) is 77.1 Å². The Labute approximate surface area is 217 Å². The van der Waals surface area contributed by atoms with Crippen molar-refractivity contribution in [3.8, 4) is 17.2 Å². The van der Waals surface area contributed by atoms with Crippen LogP contribution in [0.5, 0.6) is 17.2 Å². The van der Waals surface area contributed by atoms with E-state index in [4.69, 9.17) is 14.2 Å². The number of carbonyl (C=O) groups excluding carboxylic acids is 2. The molecule has 1 N–H and O–H groups in total. The summed E-state index contributed by atoms with van der Waals surface area (Å²) in [6.07, 6.45) is 4.08. The number of aryl methyl sites for hydroxylation is 1. The van der Waals surface area contributed by atoms with Crippen molar-refractivity contribution < 1.29 is 23.8 Å². The number of hydrogen-bond acceptors (Lipinski definition) is 5. The van der Waals surface area contributed by atoms with Gasteiger partial charge in [-0.25, -0.2) is 0 Å². The van der Waals surface area contributed by atoms with Crippen LogP contribution in [-0.2, 0) is 4.79 Å². The van der Waals surface area contributed by atoms with E-state index in [0.717, 1.165) is 31.2 Å². The van der Waals surface area contributed by atoms with Gasteiger partial charge in [-0.1, -0.05) is 43.2 Å². The van der Waals surface area contributed by atoms with E-state index in [0.29, 0.717) is 47.3 Å². The Bertz CT molecular complexity index is 1270. The number of carbonyl (C=O) groups is 2. The zero-order valence-electron chi connectivity index (χ0n) is 21.2. The first-order valence-corrected chi connectivity index (χ1v) is 12.8. The number of rotatable bonds is 7. The lowest BCUT2D eigenvalue weighted by molar-refractivity contribution is -0.123. The first-order valence-electron chi connectivity index (χ1n) is 12.8. The van der Waals surface area contributed by atoms with Crippen LogP contribution in [0.15, 0.2) is 66.7 Å². The molecule has 0 bridgehead atoms. The Kier molecular flexibility index (Phi) is 7.30. The second-order valence-electron chi connectivity index (χ2n) is 9.49. The molecule has 7 nitrogen and oxygen atoms in total. The molecule has 1 atom stereocenters. The van der Waals surface area contributed by atoms with Crippen molar-refractivity contribution in [3.05, 3.63) is 83.4 Å². The Balaban J connectivity index is 1.61. The Morgan fingerprint density at radius 2 is 1.65 bits per heavy atom. The average molecular weight is 501 g/mol. The number of nitrogens with zero attached hydrogens (tertiary/aromatic N) is 1. The minimum atomic E-state index is -0.881. The molecule has 1 aliphatic carbocycles. The predicted octanol–water partition coefficient (Wildman–Crippen LogP) is 5.22. The lowest BCUT2D eigenvalue weighted by Gasteiger charge is -2.33. The highest BCUT2D eigenvalue weighted by Gasteiger charge is 2.36. The van der Waals surface area contributed by atoms with E-state index >= 15 is 0 Å². The van der Waals surface area contributed by atoms with Crippen LogP contribution in [0, 0.1) is 6.92 Å². The third-order valence-corrected chi connectivity index (χ3v) is 7.02. The van der Waals surface area contributed by atoms with Crippen LogP contribution in [-0.4, -0.2) is 38.2 Å². The number of methoxy groups -OCH3 is 1. The van der Waals surface area contributed by atoms with E-state index in [-0.39, 0.29) is 17.9 Å². The van der Waals surface area contributed by atoms with E-state index in [1.54, 1.807) is 30.2 Å². The van der Waals surface area contributed by atoms with Gasteiger partial charge in [0.1, 0.15) is 25.0 Å². The molecular formula is C30H32N2O5. The van der Waals surface area contributed by atoms with E-state index in [1.165, 1.54) is 0 Å². The molecule has 3 aromatic rings. The van der Waals surface area contributed by atoms with Crippen LogP contribution in [0.2, 0.25) is 0 Å². The number of ether oxygens (including phenoxy) is 3. The zero-order valence-corrected chi connectivity index (χ0v) is 21.2. The molecule has 0 aromatic heterocycles. The average Bonchev–Trinajstić information content (AvgIpc) is 3.44. The van der Waals surface area contributed by atoms with E-state index in [9.17, 15) is 9.59 Å². The van der Waals surface area contributed by atoms with Crippen LogP contribution in [0.25, 0.3) is 0 Å². The number of amides is 2. The fourth-order valence-corrected chi connectivity index (χ4v) is 5.07. The lowest BCUT2D eigenvalue weighted by Crippen LogP contribution is -2.46. The van der Waals surface area contributed by atoms with Gasteiger partial charge in [0.25, 0.3) is 5.91 Å². The van der Waals surface area contributed by atoms with Crippen molar-refractivity contribution in [1.82, 2.24) is 5.32 Å². The first-order chi connectivity index (χ1) is 18.0. The number of nitrogens with one attached hydrogen (secondary N) is 1. The van der Waals surface area contributed by atoms with Gasteiger partial charge >= 0.3 is 0 Å². The predicted molar refractivity (Wildman–Crippen MR) is 142 cm³/mol. The molecule has 2 amide bonds. The maximum atomic E-state index is 14.3. The highest BCUT2D eigenvalue weighted by atomic mass is 16.6. The molecule has 0 radical (unpaired) electrons. The number of hydrogen-bond donors (Lipinski definition) is 1. The molecule has 192 valence electrons. The maximum Gasteiger partial charge on any atom is 0.259 e. The minimum Gasteiger partial charge on any atom is -0.497 e. The first kappa shape index (κ1) is 24.7. The van der Waals surface area contributed by atoms with Crippen LogP contribution in [0.4, 0.5) is 5.69 Å². The van der Waals surface area contributed by atoms with Crippen LogP contribution < -0.4 is 24.4 Å². The summed E-state index contributed by atoms with van der Waals surface area (Å²) in [7, 11) is 1.60. The summed E-state index contributed by atoms with van der Waals surface area (Å²) in [5, 5.41) is 3.22. The minimum absolute atomic E-state index is 0.108. The molecule has 1 saturated carbocycles. The van der Waals surface area contributed by atoms with E-state index < -0.39 is 6.04 Å². The van der Waals surface area contributed by atoms with Crippen molar-refractivity contribution in [1.29, 1.82) is 0 Å². The molecule has 1 aliphatic heterocycles. The molecule has 1 heterocycles. The fourth-order valence-electron chi connectivity index (χ4n) is 5.07. The zero-order chi connectivity index (χ0) is 25.8. The highest BCUT2D eigenvalue weighted by molar-refractivity contribution is 6.10. The summed E-state index contributed by atoms with van der Waals surface area (Å²) in [6.45, 7) is 2.83. The van der Waals surface area contributed by atoms with Crippen molar-refractivity contribution >= 4 is 17.5 Å². The van der Waals surface area contributed by atoms with Gasteiger partial charge in [0, 0.05) is 17.3 Å². The number of benzene rings is 3. The summed E-state index contributed by atoms with van der Waals surface area (Å²) in [5.41, 5.74) is 2.68. The quantitative estimate of drug-likeness (QED) is 0.481. The second-order valence-corrected chi connectivity index (χ2v) is 9.49. The van der Waals surface area contributed by atoms with Crippen LogP contribution in [0.1, 0.15) is 53.2 Å². The van der Waals surface area contributed by atoms with Gasteiger partial charge in [-0.2, -0.15) is 0 Å².